The van der Waals surface area contributed by atoms with Crippen molar-refractivity contribution in [3.8, 4) is 5.75 Å². The topological polar surface area (TPSA) is 98.1 Å². The van der Waals surface area contributed by atoms with Crippen molar-refractivity contribution in [1.29, 1.82) is 0 Å². The van der Waals surface area contributed by atoms with E-state index in [1.165, 1.54) is 11.8 Å². The number of anilines is 1. The third-order valence-corrected chi connectivity index (χ3v) is 6.68. The summed E-state index contributed by atoms with van der Waals surface area (Å²) in [7, 11) is 1.61. The summed E-state index contributed by atoms with van der Waals surface area (Å²) in [6.45, 7) is 4.48. The molecule has 3 aromatic carbocycles. The van der Waals surface area contributed by atoms with E-state index in [1.54, 1.807) is 7.11 Å². The maximum atomic E-state index is 12.6. The fourth-order valence-corrected chi connectivity index (χ4v) is 4.71. The Bertz CT molecular complexity index is 1350. The van der Waals surface area contributed by atoms with Crippen LogP contribution in [0.3, 0.4) is 0 Å². The molecule has 2 amide bonds. The molecule has 0 radical (unpaired) electrons. The molecule has 4 aromatic rings. The standard InChI is InChI=1S/C27H29N5O3S/c1-4-32-26(18(2)28-24(33)15-19-9-13-23(35-3)14-10-19)30-31-27(32)36-17-25(34)29-22-12-11-20-7-5-6-8-21(20)16-22/h5-14,16,18H,4,15,17H2,1-3H3,(H,28,33)(H,29,34)/t18-/m1/s1. The minimum absolute atomic E-state index is 0.109. The summed E-state index contributed by atoms with van der Waals surface area (Å²) in [5, 5.41) is 17.3. The number of thioether (sulfide) groups is 1. The molecule has 36 heavy (non-hydrogen) atoms. The molecule has 186 valence electrons. The predicted octanol–water partition coefficient (Wildman–Crippen LogP) is 4.61. The van der Waals surface area contributed by atoms with E-state index in [1.807, 2.05) is 85.1 Å². The molecule has 8 nitrogen and oxygen atoms in total. The van der Waals surface area contributed by atoms with Crippen molar-refractivity contribution in [1.82, 2.24) is 20.1 Å². The molecule has 2 N–H and O–H groups in total. The quantitative estimate of drug-likeness (QED) is 0.307. The Kier molecular flexibility index (Phi) is 8.22. The van der Waals surface area contributed by atoms with Gasteiger partial charge in [0.15, 0.2) is 11.0 Å². The zero-order valence-electron chi connectivity index (χ0n) is 20.5. The third kappa shape index (κ3) is 6.23. The van der Waals surface area contributed by atoms with Crippen molar-refractivity contribution >= 4 is 40.0 Å². The van der Waals surface area contributed by atoms with Gasteiger partial charge in [0.25, 0.3) is 0 Å². The van der Waals surface area contributed by atoms with Crippen molar-refractivity contribution < 1.29 is 14.3 Å². The number of hydrogen-bond acceptors (Lipinski definition) is 6. The fraction of sp³-hybridized carbons (Fsp3) is 0.259. The SMILES string of the molecule is CCn1c(SCC(=O)Nc2ccc3ccccc3c2)nnc1[C@@H](C)NC(=O)Cc1ccc(OC)cc1. The molecular weight excluding hydrogens is 474 g/mol. The average molecular weight is 504 g/mol. The lowest BCUT2D eigenvalue weighted by Crippen LogP contribution is -2.30. The van der Waals surface area contributed by atoms with Crippen molar-refractivity contribution in [3.05, 3.63) is 78.1 Å². The Morgan fingerprint density at radius 3 is 2.47 bits per heavy atom. The first kappa shape index (κ1) is 25.2. The number of ether oxygens (including phenoxy) is 1. The predicted molar refractivity (Wildman–Crippen MR) is 142 cm³/mol. The molecular formula is C27H29N5O3S. The number of carbonyl (C=O) groups is 2. The summed E-state index contributed by atoms with van der Waals surface area (Å²) in [6, 6.07) is 20.9. The van der Waals surface area contributed by atoms with Crippen LogP contribution in [0, 0.1) is 0 Å². The van der Waals surface area contributed by atoms with Crippen LogP contribution >= 0.6 is 11.8 Å². The maximum absolute atomic E-state index is 12.6. The summed E-state index contributed by atoms with van der Waals surface area (Å²) in [5.74, 6) is 1.37. The number of fused-ring (bicyclic) bond motifs is 1. The molecule has 0 unspecified atom stereocenters. The normalized spacial score (nSPS) is 11.8. The van der Waals surface area contributed by atoms with Gasteiger partial charge in [0, 0.05) is 12.2 Å². The van der Waals surface area contributed by atoms with Gasteiger partial charge in [-0.3, -0.25) is 9.59 Å². The van der Waals surface area contributed by atoms with Gasteiger partial charge in [-0.15, -0.1) is 10.2 Å². The van der Waals surface area contributed by atoms with Gasteiger partial charge in [0.2, 0.25) is 11.8 Å². The van der Waals surface area contributed by atoms with Crippen LogP contribution < -0.4 is 15.4 Å². The van der Waals surface area contributed by atoms with Crippen LogP contribution in [-0.4, -0.2) is 39.4 Å². The Hall–Kier alpha value is -3.85. The molecule has 0 bridgehead atoms. The second-order valence-electron chi connectivity index (χ2n) is 8.30. The Labute approximate surface area is 214 Å². The number of nitrogens with zero attached hydrogens (tertiary/aromatic N) is 3. The average Bonchev–Trinajstić information content (AvgIpc) is 3.31. The van der Waals surface area contributed by atoms with Crippen LogP contribution in [0.5, 0.6) is 5.75 Å². The largest absolute Gasteiger partial charge is 0.497 e. The first-order chi connectivity index (χ1) is 17.5. The van der Waals surface area contributed by atoms with Gasteiger partial charge in [-0.05, 0) is 54.4 Å². The fourth-order valence-electron chi connectivity index (χ4n) is 3.90. The molecule has 0 spiro atoms. The van der Waals surface area contributed by atoms with Crippen LogP contribution in [0.25, 0.3) is 10.8 Å². The molecule has 1 heterocycles. The molecule has 1 atom stereocenters. The highest BCUT2D eigenvalue weighted by molar-refractivity contribution is 7.99. The molecule has 9 heteroatoms. The molecule has 0 aliphatic carbocycles. The molecule has 0 saturated heterocycles. The first-order valence-electron chi connectivity index (χ1n) is 11.7. The van der Waals surface area contributed by atoms with E-state index in [-0.39, 0.29) is 30.0 Å². The smallest absolute Gasteiger partial charge is 0.234 e. The van der Waals surface area contributed by atoms with Crippen molar-refractivity contribution in [2.75, 3.05) is 18.2 Å². The van der Waals surface area contributed by atoms with Crippen LogP contribution in [0.15, 0.2) is 71.9 Å². The molecule has 0 saturated carbocycles. The molecule has 4 rings (SSSR count). The van der Waals surface area contributed by atoms with Gasteiger partial charge in [-0.25, -0.2) is 0 Å². The number of rotatable bonds is 10. The van der Waals surface area contributed by atoms with Gasteiger partial charge < -0.3 is 19.9 Å². The van der Waals surface area contributed by atoms with Gasteiger partial charge >= 0.3 is 0 Å². The molecule has 1 aromatic heterocycles. The highest BCUT2D eigenvalue weighted by Crippen LogP contribution is 2.22. The highest BCUT2D eigenvalue weighted by atomic mass is 32.2. The van der Waals surface area contributed by atoms with Crippen molar-refractivity contribution in [3.63, 3.8) is 0 Å². The molecule has 0 fully saturated rings. The van der Waals surface area contributed by atoms with Crippen LogP contribution in [0.1, 0.15) is 31.3 Å². The molecule has 0 aliphatic rings. The number of amides is 2. The number of benzene rings is 3. The van der Waals surface area contributed by atoms with E-state index < -0.39 is 0 Å². The van der Waals surface area contributed by atoms with E-state index >= 15 is 0 Å². The minimum Gasteiger partial charge on any atom is -0.497 e. The van der Waals surface area contributed by atoms with Gasteiger partial charge in [0.05, 0.1) is 25.3 Å². The molecule has 0 aliphatic heterocycles. The number of aromatic nitrogens is 3. The van der Waals surface area contributed by atoms with E-state index in [4.69, 9.17) is 4.74 Å². The zero-order chi connectivity index (χ0) is 25.5. The summed E-state index contributed by atoms with van der Waals surface area (Å²) < 4.78 is 7.08. The highest BCUT2D eigenvalue weighted by Gasteiger charge is 2.20. The minimum atomic E-state index is -0.330. The summed E-state index contributed by atoms with van der Waals surface area (Å²) in [5.41, 5.74) is 1.65. The number of methoxy groups -OCH3 is 1. The van der Waals surface area contributed by atoms with E-state index in [2.05, 4.69) is 20.8 Å². The van der Waals surface area contributed by atoms with Gasteiger partial charge in [-0.1, -0.05) is 54.2 Å². The maximum Gasteiger partial charge on any atom is 0.234 e. The Morgan fingerprint density at radius 2 is 1.75 bits per heavy atom. The van der Waals surface area contributed by atoms with Crippen molar-refractivity contribution in [2.24, 2.45) is 0 Å². The lowest BCUT2D eigenvalue weighted by molar-refractivity contribution is -0.121. The lowest BCUT2D eigenvalue weighted by Gasteiger charge is -2.15. The van der Waals surface area contributed by atoms with Crippen molar-refractivity contribution in [2.45, 2.75) is 38.0 Å². The van der Waals surface area contributed by atoms with E-state index in [0.717, 1.165) is 27.8 Å². The van der Waals surface area contributed by atoms with Gasteiger partial charge in [0.1, 0.15) is 5.75 Å². The summed E-state index contributed by atoms with van der Waals surface area (Å²) in [6.07, 6.45) is 0.255. The van der Waals surface area contributed by atoms with E-state index in [0.29, 0.717) is 17.5 Å². The Balaban J connectivity index is 1.33. The van der Waals surface area contributed by atoms with Gasteiger partial charge in [-0.2, -0.15) is 0 Å². The summed E-state index contributed by atoms with van der Waals surface area (Å²) in [4.78, 5) is 25.1. The van der Waals surface area contributed by atoms with E-state index in [9.17, 15) is 9.59 Å². The van der Waals surface area contributed by atoms with Crippen LogP contribution in [0.4, 0.5) is 5.69 Å². The number of hydrogen-bond donors (Lipinski definition) is 2. The first-order valence-corrected chi connectivity index (χ1v) is 12.7. The monoisotopic (exact) mass is 503 g/mol. The second kappa shape index (κ2) is 11.7. The summed E-state index contributed by atoms with van der Waals surface area (Å²) >= 11 is 1.32. The Morgan fingerprint density at radius 1 is 1.00 bits per heavy atom. The van der Waals surface area contributed by atoms with Crippen LogP contribution in [-0.2, 0) is 22.6 Å². The van der Waals surface area contributed by atoms with Crippen LogP contribution in [0.2, 0.25) is 0 Å². The number of nitrogens with one attached hydrogen (secondary N) is 2. The third-order valence-electron chi connectivity index (χ3n) is 5.72. The number of carbonyl (C=O) groups excluding carboxylic acids is 2. The lowest BCUT2D eigenvalue weighted by atomic mass is 10.1. The zero-order valence-corrected chi connectivity index (χ0v) is 21.3. The second-order valence-corrected chi connectivity index (χ2v) is 9.24.